The predicted octanol–water partition coefficient (Wildman–Crippen LogP) is 8.73. The summed E-state index contributed by atoms with van der Waals surface area (Å²) >= 11 is 2.15. The molecule has 0 spiro atoms. The number of anilines is 1. The van der Waals surface area contributed by atoms with Gasteiger partial charge in [0.1, 0.15) is 23.8 Å². The lowest BCUT2D eigenvalue weighted by Gasteiger charge is -2.29. The van der Waals surface area contributed by atoms with E-state index in [0.717, 1.165) is 0 Å². The van der Waals surface area contributed by atoms with Crippen molar-refractivity contribution in [2.75, 3.05) is 17.4 Å². The maximum Gasteiger partial charge on any atom is 0.460 e. The molecule has 0 fully saturated rings. The van der Waals surface area contributed by atoms with Crippen LogP contribution in [0.2, 0.25) is 0 Å². The van der Waals surface area contributed by atoms with Crippen molar-refractivity contribution >= 4 is 28.3 Å². The molecule has 2 aromatic rings. The van der Waals surface area contributed by atoms with Gasteiger partial charge in [-0.3, -0.25) is 0 Å². The molecule has 0 aliphatic carbocycles. The monoisotopic (exact) mass is 627 g/mol. The van der Waals surface area contributed by atoms with Crippen LogP contribution in [0.1, 0.15) is 31.9 Å². The van der Waals surface area contributed by atoms with Crippen LogP contribution in [0.25, 0.3) is 0 Å². The average Bonchev–Trinajstić information content (AvgIpc) is 2.81. The highest BCUT2D eigenvalue weighted by atomic mass is 127. The van der Waals surface area contributed by atoms with Crippen LogP contribution in [0, 0.1) is 5.82 Å². The maximum atomic E-state index is 14.5. The van der Waals surface area contributed by atoms with Gasteiger partial charge in [-0.15, -0.1) is 0 Å². The van der Waals surface area contributed by atoms with Crippen molar-refractivity contribution in [3.8, 4) is 11.5 Å². The van der Waals surface area contributed by atoms with Gasteiger partial charge in [-0.25, -0.2) is 4.39 Å². The van der Waals surface area contributed by atoms with Gasteiger partial charge in [0, 0.05) is 11.3 Å². The number of alkyl halides is 8. The molecular formula is C23H26F8INO2. The Hall–Kier alpha value is -2.25. The van der Waals surface area contributed by atoms with Gasteiger partial charge in [0.15, 0.2) is 5.82 Å². The Kier molecular flexibility index (Phi) is 12.9. The molecule has 2 aromatic carbocycles. The van der Waals surface area contributed by atoms with E-state index >= 15 is 0 Å². The van der Waals surface area contributed by atoms with Crippen LogP contribution < -0.4 is 14.8 Å². The molecule has 0 unspecified atom stereocenters. The minimum atomic E-state index is -6.56. The molecule has 0 saturated carbocycles. The maximum absolute atomic E-state index is 14.5. The standard InChI is InChI=1S/C20H17F8NO2.C2H6.CH3I/c1-11(2)29-17-15(21)8-13(18(22,23)19(24,25)20(26,27)28)9-16(17)31-10-12-4-6-14(30-3)7-5-12;2*1-2/h4-9,29H,1,10H2,2-3H3;1-2H3;1H3. The Morgan fingerprint density at radius 1 is 0.971 bits per heavy atom. The Morgan fingerprint density at radius 2 is 1.49 bits per heavy atom. The van der Waals surface area contributed by atoms with Crippen molar-refractivity contribution < 1.29 is 44.6 Å². The summed E-state index contributed by atoms with van der Waals surface area (Å²) in [6, 6.07) is 6.26. The fourth-order valence-electron chi connectivity index (χ4n) is 2.45. The molecule has 0 aromatic heterocycles. The Bertz CT molecular complexity index is 948. The van der Waals surface area contributed by atoms with Crippen LogP contribution in [-0.2, 0) is 12.5 Å². The third kappa shape index (κ3) is 8.14. The van der Waals surface area contributed by atoms with Crippen LogP contribution in [0.3, 0.4) is 0 Å². The normalized spacial score (nSPS) is 11.4. The summed E-state index contributed by atoms with van der Waals surface area (Å²) in [5.74, 6) is -13.9. The molecule has 0 amide bonds. The van der Waals surface area contributed by atoms with E-state index < -0.39 is 40.8 Å². The first-order valence-corrected chi connectivity index (χ1v) is 12.1. The second kappa shape index (κ2) is 13.7. The summed E-state index contributed by atoms with van der Waals surface area (Å²) < 4.78 is 117. The number of methoxy groups -OCH3 is 1. The number of halogens is 9. The number of benzene rings is 2. The molecule has 0 bridgehead atoms. The van der Waals surface area contributed by atoms with E-state index in [1.807, 2.05) is 18.8 Å². The topological polar surface area (TPSA) is 30.5 Å². The Labute approximate surface area is 212 Å². The van der Waals surface area contributed by atoms with Crippen LogP contribution in [-0.4, -0.2) is 24.1 Å². The average molecular weight is 627 g/mol. The zero-order valence-electron chi connectivity index (χ0n) is 19.6. The van der Waals surface area contributed by atoms with Crippen LogP contribution in [0.15, 0.2) is 48.7 Å². The molecule has 198 valence electrons. The fourth-order valence-corrected chi connectivity index (χ4v) is 2.45. The van der Waals surface area contributed by atoms with Gasteiger partial charge >= 0.3 is 18.0 Å². The van der Waals surface area contributed by atoms with Crippen LogP contribution >= 0.6 is 22.6 Å². The second-order valence-electron chi connectivity index (χ2n) is 6.52. The second-order valence-corrected chi connectivity index (χ2v) is 6.52. The molecular weight excluding hydrogens is 601 g/mol. The molecule has 0 aliphatic heterocycles. The van der Waals surface area contributed by atoms with Crippen LogP contribution in [0.5, 0.6) is 11.5 Å². The molecule has 12 heteroatoms. The summed E-state index contributed by atoms with van der Waals surface area (Å²) in [4.78, 5) is 1.97. The highest BCUT2D eigenvalue weighted by Crippen LogP contribution is 2.53. The molecule has 0 heterocycles. The van der Waals surface area contributed by atoms with Gasteiger partial charge in [-0.05, 0) is 41.7 Å². The van der Waals surface area contributed by atoms with E-state index in [0.29, 0.717) is 11.3 Å². The zero-order valence-corrected chi connectivity index (χ0v) is 21.8. The molecule has 0 atom stereocenters. The van der Waals surface area contributed by atoms with Crippen molar-refractivity contribution in [1.82, 2.24) is 0 Å². The lowest BCUT2D eigenvalue weighted by atomic mass is 10.0. The van der Waals surface area contributed by atoms with Crippen molar-refractivity contribution in [2.45, 2.75) is 45.4 Å². The summed E-state index contributed by atoms with van der Waals surface area (Å²) in [5, 5.41) is 2.37. The van der Waals surface area contributed by atoms with E-state index in [1.165, 1.54) is 26.2 Å². The number of ether oxygens (including phenoxy) is 2. The summed E-state index contributed by atoms with van der Waals surface area (Å²) in [5.41, 5.74) is -1.85. The van der Waals surface area contributed by atoms with E-state index in [9.17, 15) is 35.1 Å². The molecule has 0 radical (unpaired) electrons. The van der Waals surface area contributed by atoms with Gasteiger partial charge < -0.3 is 14.8 Å². The SMILES string of the molecule is C=C(C)Nc1c(F)cc(C(F)(F)C(F)(F)C(F)(F)F)cc1OCc1ccc(OC)cc1.CC.CI. The first-order chi connectivity index (χ1) is 16.2. The Morgan fingerprint density at radius 3 is 1.91 bits per heavy atom. The quantitative estimate of drug-likeness (QED) is 0.181. The summed E-state index contributed by atoms with van der Waals surface area (Å²) in [6.07, 6.45) is -6.56. The van der Waals surface area contributed by atoms with Gasteiger partial charge in [0.05, 0.1) is 7.11 Å². The third-order valence-corrected chi connectivity index (χ3v) is 4.06. The van der Waals surface area contributed by atoms with Crippen molar-refractivity contribution in [1.29, 1.82) is 0 Å². The van der Waals surface area contributed by atoms with Gasteiger partial charge in [-0.2, -0.15) is 30.7 Å². The first-order valence-electron chi connectivity index (χ1n) is 9.93. The van der Waals surface area contributed by atoms with Crippen molar-refractivity contribution in [3.05, 3.63) is 65.6 Å². The molecule has 0 saturated heterocycles. The van der Waals surface area contributed by atoms with E-state index in [4.69, 9.17) is 9.47 Å². The molecule has 35 heavy (non-hydrogen) atoms. The highest BCUT2D eigenvalue weighted by molar-refractivity contribution is 14.1. The van der Waals surface area contributed by atoms with E-state index in [2.05, 4.69) is 34.5 Å². The molecule has 1 N–H and O–H groups in total. The summed E-state index contributed by atoms with van der Waals surface area (Å²) in [7, 11) is 1.42. The lowest BCUT2D eigenvalue weighted by molar-refractivity contribution is -0.359. The molecule has 0 aliphatic rings. The number of nitrogens with one attached hydrogen (secondary N) is 1. The fraction of sp³-hybridized carbons (Fsp3) is 0.391. The summed E-state index contributed by atoms with van der Waals surface area (Å²) in [6.45, 7) is 8.50. The lowest BCUT2D eigenvalue weighted by Crippen LogP contribution is -2.50. The van der Waals surface area contributed by atoms with E-state index in [1.54, 1.807) is 12.1 Å². The van der Waals surface area contributed by atoms with Gasteiger partial charge in [0.2, 0.25) is 0 Å². The largest absolute Gasteiger partial charge is 0.497 e. The predicted molar refractivity (Wildman–Crippen MR) is 128 cm³/mol. The third-order valence-electron chi connectivity index (χ3n) is 4.06. The first kappa shape index (κ1) is 32.8. The van der Waals surface area contributed by atoms with E-state index in [-0.39, 0.29) is 24.4 Å². The molecule has 3 nitrogen and oxygen atoms in total. The zero-order chi connectivity index (χ0) is 27.6. The number of allylic oxidation sites excluding steroid dienone is 1. The smallest absolute Gasteiger partial charge is 0.460 e. The number of rotatable bonds is 8. The van der Waals surface area contributed by atoms with Crippen LogP contribution in [0.4, 0.5) is 40.8 Å². The van der Waals surface area contributed by atoms with Crippen molar-refractivity contribution in [2.24, 2.45) is 0 Å². The number of hydrogen-bond acceptors (Lipinski definition) is 3. The minimum Gasteiger partial charge on any atom is -0.497 e. The van der Waals surface area contributed by atoms with Gasteiger partial charge in [-0.1, -0.05) is 55.2 Å². The highest BCUT2D eigenvalue weighted by Gasteiger charge is 2.73. The minimum absolute atomic E-state index is 0.106. The number of hydrogen-bond donors (Lipinski definition) is 1. The Balaban J connectivity index is 0.00000274. The van der Waals surface area contributed by atoms with Crippen molar-refractivity contribution in [3.63, 3.8) is 0 Å². The molecule has 2 rings (SSSR count). The van der Waals surface area contributed by atoms with Gasteiger partial charge in [0.25, 0.3) is 0 Å².